The highest BCUT2D eigenvalue weighted by molar-refractivity contribution is 5.98. The standard InChI is InChI=1S/C18H22N2O4/c1-12(2)13(3)20-17(21)11-24-18(22)15(10-19)9-14-5-7-16(23-4)8-6-14/h5-9,12-13H,11H2,1-4H3,(H,20,21)/b15-9+/t13-/m0/s1. The lowest BCUT2D eigenvalue weighted by atomic mass is 10.1. The van der Waals surface area contributed by atoms with E-state index in [-0.39, 0.29) is 17.5 Å². The van der Waals surface area contributed by atoms with E-state index < -0.39 is 18.5 Å². The van der Waals surface area contributed by atoms with Crippen LogP contribution in [0, 0.1) is 17.2 Å². The molecule has 1 aromatic rings. The maximum Gasteiger partial charge on any atom is 0.349 e. The van der Waals surface area contributed by atoms with Crippen molar-refractivity contribution in [2.75, 3.05) is 13.7 Å². The van der Waals surface area contributed by atoms with Crippen LogP contribution in [0.1, 0.15) is 26.3 Å². The summed E-state index contributed by atoms with van der Waals surface area (Å²) in [6, 6.07) is 8.61. The SMILES string of the molecule is COc1ccc(/C=C(\C#N)C(=O)OCC(=O)N[C@@H](C)C(C)C)cc1. The molecule has 1 N–H and O–H groups in total. The molecule has 6 heteroatoms. The molecule has 0 unspecified atom stereocenters. The lowest BCUT2D eigenvalue weighted by Crippen LogP contribution is -2.38. The number of carbonyl (C=O) groups is 2. The van der Waals surface area contributed by atoms with Crippen molar-refractivity contribution in [1.82, 2.24) is 5.32 Å². The van der Waals surface area contributed by atoms with Gasteiger partial charge in [-0.25, -0.2) is 4.79 Å². The Labute approximate surface area is 142 Å². The number of methoxy groups -OCH3 is 1. The van der Waals surface area contributed by atoms with Crippen LogP contribution in [0.4, 0.5) is 0 Å². The van der Waals surface area contributed by atoms with Crippen LogP contribution in [0.15, 0.2) is 29.8 Å². The van der Waals surface area contributed by atoms with E-state index in [0.29, 0.717) is 11.3 Å². The largest absolute Gasteiger partial charge is 0.497 e. The first-order chi connectivity index (χ1) is 11.4. The molecule has 0 spiro atoms. The number of nitrogens with one attached hydrogen (secondary N) is 1. The van der Waals surface area contributed by atoms with Crippen molar-refractivity contribution in [3.63, 3.8) is 0 Å². The van der Waals surface area contributed by atoms with Gasteiger partial charge in [0.2, 0.25) is 0 Å². The van der Waals surface area contributed by atoms with Crippen molar-refractivity contribution in [1.29, 1.82) is 5.26 Å². The second kappa shape index (κ2) is 9.36. The molecule has 1 atom stereocenters. The Morgan fingerprint density at radius 2 is 1.88 bits per heavy atom. The number of rotatable bonds is 7. The number of benzene rings is 1. The fraction of sp³-hybridized carbons (Fsp3) is 0.389. The molecule has 0 aliphatic heterocycles. The summed E-state index contributed by atoms with van der Waals surface area (Å²) in [6.07, 6.45) is 1.40. The molecule has 0 aliphatic rings. The molecule has 0 aromatic heterocycles. The van der Waals surface area contributed by atoms with Gasteiger partial charge in [0.1, 0.15) is 17.4 Å². The third-order valence-electron chi connectivity index (χ3n) is 3.49. The number of nitriles is 1. The summed E-state index contributed by atoms with van der Waals surface area (Å²) in [7, 11) is 1.55. The zero-order valence-electron chi connectivity index (χ0n) is 14.3. The van der Waals surface area contributed by atoms with Crippen LogP contribution in [-0.4, -0.2) is 31.6 Å². The van der Waals surface area contributed by atoms with Gasteiger partial charge in [-0.15, -0.1) is 0 Å². The monoisotopic (exact) mass is 330 g/mol. The molecule has 24 heavy (non-hydrogen) atoms. The van der Waals surface area contributed by atoms with Crippen molar-refractivity contribution in [2.24, 2.45) is 5.92 Å². The minimum atomic E-state index is -0.833. The first-order valence-corrected chi connectivity index (χ1v) is 7.59. The predicted octanol–water partition coefficient (Wildman–Crippen LogP) is 2.31. The normalized spacial score (nSPS) is 12.2. The maximum atomic E-state index is 11.9. The van der Waals surface area contributed by atoms with Gasteiger partial charge in [-0.1, -0.05) is 26.0 Å². The second-order valence-electron chi connectivity index (χ2n) is 5.62. The molecule has 6 nitrogen and oxygen atoms in total. The fourth-order valence-corrected chi connectivity index (χ4v) is 1.67. The minimum absolute atomic E-state index is 0.0264. The Bertz CT molecular complexity index is 642. The molecule has 1 rings (SSSR count). The molecule has 1 aromatic carbocycles. The van der Waals surface area contributed by atoms with E-state index in [9.17, 15) is 9.59 Å². The topological polar surface area (TPSA) is 88.4 Å². The van der Waals surface area contributed by atoms with Crippen LogP contribution in [0.25, 0.3) is 6.08 Å². The number of ether oxygens (including phenoxy) is 2. The summed E-state index contributed by atoms with van der Waals surface area (Å²) >= 11 is 0. The summed E-state index contributed by atoms with van der Waals surface area (Å²) in [5.41, 5.74) is 0.479. The predicted molar refractivity (Wildman–Crippen MR) is 90.0 cm³/mol. The zero-order chi connectivity index (χ0) is 18.1. The highest BCUT2D eigenvalue weighted by Crippen LogP contribution is 2.14. The van der Waals surface area contributed by atoms with E-state index in [1.54, 1.807) is 37.4 Å². The lowest BCUT2D eigenvalue weighted by Gasteiger charge is -2.17. The molecule has 0 radical (unpaired) electrons. The molecule has 128 valence electrons. The number of nitrogens with zero attached hydrogens (tertiary/aromatic N) is 1. The summed E-state index contributed by atoms with van der Waals surface area (Å²) in [6.45, 7) is 5.40. The number of esters is 1. The van der Waals surface area contributed by atoms with E-state index >= 15 is 0 Å². The molecular weight excluding hydrogens is 308 g/mol. The lowest BCUT2D eigenvalue weighted by molar-refractivity contribution is -0.144. The smallest absolute Gasteiger partial charge is 0.349 e. The molecular formula is C18H22N2O4. The molecule has 0 saturated heterocycles. The van der Waals surface area contributed by atoms with Crippen LogP contribution in [-0.2, 0) is 14.3 Å². The maximum absolute atomic E-state index is 11.9. The van der Waals surface area contributed by atoms with Gasteiger partial charge in [0, 0.05) is 6.04 Å². The Morgan fingerprint density at radius 3 is 2.38 bits per heavy atom. The summed E-state index contributed by atoms with van der Waals surface area (Å²) in [5, 5.41) is 11.8. The summed E-state index contributed by atoms with van der Waals surface area (Å²) in [4.78, 5) is 23.6. The quantitative estimate of drug-likeness (QED) is 0.471. The van der Waals surface area contributed by atoms with Gasteiger partial charge in [-0.05, 0) is 36.6 Å². The second-order valence-corrected chi connectivity index (χ2v) is 5.62. The minimum Gasteiger partial charge on any atom is -0.497 e. The van der Waals surface area contributed by atoms with E-state index in [0.717, 1.165) is 0 Å². The number of hydrogen-bond donors (Lipinski definition) is 1. The van der Waals surface area contributed by atoms with Crippen molar-refractivity contribution in [2.45, 2.75) is 26.8 Å². The summed E-state index contributed by atoms with van der Waals surface area (Å²) in [5.74, 6) is -0.287. The fourth-order valence-electron chi connectivity index (χ4n) is 1.67. The van der Waals surface area contributed by atoms with E-state index in [1.807, 2.05) is 20.8 Å². The highest BCUT2D eigenvalue weighted by Gasteiger charge is 2.15. The number of amides is 1. The van der Waals surface area contributed by atoms with Gasteiger partial charge >= 0.3 is 5.97 Å². The van der Waals surface area contributed by atoms with Gasteiger partial charge in [-0.3, -0.25) is 4.79 Å². The number of carbonyl (C=O) groups excluding carboxylic acids is 2. The number of hydrogen-bond acceptors (Lipinski definition) is 5. The van der Waals surface area contributed by atoms with Crippen LogP contribution in [0.5, 0.6) is 5.75 Å². The average molecular weight is 330 g/mol. The Balaban J connectivity index is 2.65. The molecule has 0 aliphatic carbocycles. The van der Waals surface area contributed by atoms with Crippen molar-refractivity contribution in [3.05, 3.63) is 35.4 Å². The molecule has 1 amide bonds. The van der Waals surface area contributed by atoms with Crippen molar-refractivity contribution >= 4 is 18.0 Å². The van der Waals surface area contributed by atoms with Crippen LogP contribution >= 0.6 is 0 Å². The average Bonchev–Trinajstić information content (AvgIpc) is 2.57. The third kappa shape index (κ3) is 6.13. The van der Waals surface area contributed by atoms with Crippen LogP contribution < -0.4 is 10.1 Å². The molecule has 0 saturated carbocycles. The summed E-state index contributed by atoms with van der Waals surface area (Å²) < 4.78 is 9.93. The highest BCUT2D eigenvalue weighted by atomic mass is 16.5. The van der Waals surface area contributed by atoms with Gasteiger partial charge in [-0.2, -0.15) is 5.26 Å². The Kier molecular flexibility index (Phi) is 7.50. The first-order valence-electron chi connectivity index (χ1n) is 7.59. The van der Waals surface area contributed by atoms with E-state index in [2.05, 4.69) is 5.32 Å². The van der Waals surface area contributed by atoms with Crippen molar-refractivity contribution < 1.29 is 19.1 Å². The zero-order valence-corrected chi connectivity index (χ0v) is 14.3. The van der Waals surface area contributed by atoms with Crippen LogP contribution in [0.2, 0.25) is 0 Å². The van der Waals surface area contributed by atoms with E-state index in [1.165, 1.54) is 6.08 Å². The van der Waals surface area contributed by atoms with Gasteiger partial charge in [0.15, 0.2) is 6.61 Å². The van der Waals surface area contributed by atoms with Crippen molar-refractivity contribution in [3.8, 4) is 11.8 Å². The van der Waals surface area contributed by atoms with Gasteiger partial charge in [0.25, 0.3) is 5.91 Å². The molecule has 0 heterocycles. The van der Waals surface area contributed by atoms with E-state index in [4.69, 9.17) is 14.7 Å². The van der Waals surface area contributed by atoms with Gasteiger partial charge in [0.05, 0.1) is 7.11 Å². The van der Waals surface area contributed by atoms with Gasteiger partial charge < -0.3 is 14.8 Å². The molecule has 0 fully saturated rings. The Morgan fingerprint density at radius 1 is 1.25 bits per heavy atom. The Hall–Kier alpha value is -2.81. The molecule has 0 bridgehead atoms. The first kappa shape index (κ1) is 19.2. The third-order valence-corrected chi connectivity index (χ3v) is 3.49. The van der Waals surface area contributed by atoms with Crippen LogP contribution in [0.3, 0.4) is 0 Å².